The lowest BCUT2D eigenvalue weighted by atomic mass is 9.98. The predicted octanol–water partition coefficient (Wildman–Crippen LogP) is 2.52. The minimum Gasteiger partial charge on any atom is -0.309 e. The van der Waals surface area contributed by atoms with Crippen molar-refractivity contribution in [3.05, 3.63) is 42.5 Å². The minimum absolute atomic E-state index is 0.0992. The Morgan fingerprint density at radius 1 is 1.10 bits per heavy atom. The molecule has 1 saturated carbocycles. The molecule has 1 aliphatic heterocycles. The fourth-order valence-corrected chi connectivity index (χ4v) is 4.27. The largest absolute Gasteiger partial charge is 0.309 e. The van der Waals surface area contributed by atoms with E-state index in [0.29, 0.717) is 18.3 Å². The highest BCUT2D eigenvalue weighted by Gasteiger charge is 2.40. The Morgan fingerprint density at radius 3 is 2.74 bits per heavy atom. The van der Waals surface area contributed by atoms with E-state index in [1.54, 1.807) is 22.0 Å². The molecule has 1 aliphatic carbocycles. The van der Waals surface area contributed by atoms with Crippen molar-refractivity contribution in [1.29, 1.82) is 0 Å². The van der Waals surface area contributed by atoms with Gasteiger partial charge in [-0.05, 0) is 37.0 Å². The third-order valence-corrected chi connectivity index (χ3v) is 6.16. The van der Waals surface area contributed by atoms with Gasteiger partial charge < -0.3 is 10.2 Å². The smallest absolute Gasteiger partial charge is 0.228 e. The first-order chi connectivity index (χ1) is 15.1. The maximum Gasteiger partial charge on any atom is 0.228 e. The minimum atomic E-state index is 0.0992. The maximum atomic E-state index is 12.9. The van der Waals surface area contributed by atoms with Gasteiger partial charge in [0.15, 0.2) is 5.65 Å². The molecule has 1 amide bonds. The molecule has 10 heteroatoms. The van der Waals surface area contributed by atoms with E-state index in [1.807, 2.05) is 42.8 Å². The number of carbonyl (C=O) groups is 1. The van der Waals surface area contributed by atoms with Crippen LogP contribution in [-0.4, -0.2) is 47.3 Å². The lowest BCUT2D eigenvalue weighted by Crippen LogP contribution is -2.27. The summed E-state index contributed by atoms with van der Waals surface area (Å²) in [5, 5.41) is 16.3. The van der Waals surface area contributed by atoms with Gasteiger partial charge in [-0.15, -0.1) is 10.2 Å². The van der Waals surface area contributed by atoms with Gasteiger partial charge in [-0.25, -0.2) is 9.97 Å². The Balaban J connectivity index is 1.45. The van der Waals surface area contributed by atoms with Crippen LogP contribution in [0, 0.1) is 5.92 Å². The van der Waals surface area contributed by atoms with E-state index in [1.165, 1.54) is 0 Å². The number of aryl methyl sites for hydroxylation is 1. The van der Waals surface area contributed by atoms with Crippen LogP contribution in [0.5, 0.6) is 0 Å². The number of amides is 1. The van der Waals surface area contributed by atoms with E-state index in [9.17, 15) is 4.79 Å². The molecule has 0 bridgehead atoms. The quantitative estimate of drug-likeness (QED) is 0.546. The van der Waals surface area contributed by atoms with Crippen molar-refractivity contribution < 1.29 is 4.79 Å². The Hall–Kier alpha value is -3.82. The first-order valence-electron chi connectivity index (χ1n) is 10.3. The summed E-state index contributed by atoms with van der Waals surface area (Å²) in [7, 11) is 3.66. The summed E-state index contributed by atoms with van der Waals surface area (Å²) in [5.41, 5.74) is 2.29. The molecule has 1 atom stereocenters. The number of nitrogens with one attached hydrogen (secondary N) is 1. The van der Waals surface area contributed by atoms with Gasteiger partial charge in [0.2, 0.25) is 11.9 Å². The van der Waals surface area contributed by atoms with E-state index < -0.39 is 0 Å². The fourth-order valence-electron chi connectivity index (χ4n) is 4.27. The lowest BCUT2D eigenvalue weighted by molar-refractivity contribution is -0.118. The molecule has 5 heterocycles. The van der Waals surface area contributed by atoms with Gasteiger partial charge in [0.25, 0.3) is 0 Å². The molecule has 0 saturated heterocycles. The number of aromatic nitrogens is 7. The first-order valence-corrected chi connectivity index (χ1v) is 10.3. The van der Waals surface area contributed by atoms with Crippen LogP contribution in [0.15, 0.2) is 36.7 Å². The van der Waals surface area contributed by atoms with Gasteiger partial charge in [0, 0.05) is 44.3 Å². The molecule has 156 valence electrons. The van der Waals surface area contributed by atoms with E-state index >= 15 is 0 Å². The third kappa shape index (κ3) is 2.94. The zero-order valence-corrected chi connectivity index (χ0v) is 17.2. The van der Waals surface area contributed by atoms with Gasteiger partial charge in [-0.3, -0.25) is 13.9 Å². The molecule has 1 N–H and O–H groups in total. The number of rotatable bonds is 4. The first kappa shape index (κ1) is 18.0. The van der Waals surface area contributed by atoms with Gasteiger partial charge >= 0.3 is 0 Å². The van der Waals surface area contributed by atoms with Crippen LogP contribution in [-0.2, 0) is 11.8 Å². The summed E-state index contributed by atoms with van der Waals surface area (Å²) >= 11 is 0. The normalized spacial score (nSPS) is 18.5. The summed E-state index contributed by atoms with van der Waals surface area (Å²) in [6, 6.07) is 7.63. The standard InChI is InChI=1S/C21H21N9O/c1-28-18-10-13(15-5-7-22-21(24-15)25-16-6-8-23-29(16)2)9-17-26-27-20(30(17)18)14(11-19(28)31)12-3-4-12/h5-10,12,14H,3-4,11H2,1-2H3,(H,22,24,25)/t14-/m0/s1. The van der Waals surface area contributed by atoms with Crippen molar-refractivity contribution in [2.75, 3.05) is 17.3 Å². The molecule has 6 rings (SSSR count). The van der Waals surface area contributed by atoms with Crippen molar-refractivity contribution in [1.82, 2.24) is 34.3 Å². The van der Waals surface area contributed by atoms with E-state index in [0.717, 1.165) is 47.2 Å². The summed E-state index contributed by atoms with van der Waals surface area (Å²) in [4.78, 5) is 23.6. The van der Waals surface area contributed by atoms with Crippen molar-refractivity contribution in [2.24, 2.45) is 13.0 Å². The number of hydrogen-bond acceptors (Lipinski definition) is 7. The highest BCUT2D eigenvalue weighted by molar-refractivity contribution is 5.94. The van der Waals surface area contributed by atoms with E-state index in [-0.39, 0.29) is 11.8 Å². The topological polar surface area (TPSA) is 106 Å². The van der Waals surface area contributed by atoms with Crippen LogP contribution < -0.4 is 10.2 Å². The van der Waals surface area contributed by atoms with E-state index in [2.05, 4.69) is 30.6 Å². The van der Waals surface area contributed by atoms with E-state index in [4.69, 9.17) is 0 Å². The SMILES string of the molecule is CN1C(=O)C[C@@H](C2CC2)c2nnc3cc(-c4ccnc(Nc5ccnn5C)n4)cc1n23. The van der Waals surface area contributed by atoms with Crippen LogP contribution in [0.3, 0.4) is 0 Å². The molecule has 31 heavy (non-hydrogen) atoms. The summed E-state index contributed by atoms with van der Waals surface area (Å²) in [5.74, 6) is 3.66. The second-order valence-corrected chi connectivity index (χ2v) is 8.19. The molecule has 4 aromatic heterocycles. The fraction of sp³-hybridized carbons (Fsp3) is 0.333. The Kier molecular flexibility index (Phi) is 3.83. The number of anilines is 3. The molecule has 2 aliphatic rings. The molecular formula is C21H21N9O. The van der Waals surface area contributed by atoms with Crippen LogP contribution in [0.1, 0.15) is 31.0 Å². The summed E-state index contributed by atoms with van der Waals surface area (Å²) in [6.07, 6.45) is 6.18. The molecule has 0 radical (unpaired) electrons. The molecule has 1 fully saturated rings. The number of pyridine rings is 1. The third-order valence-electron chi connectivity index (χ3n) is 6.16. The second-order valence-electron chi connectivity index (χ2n) is 8.19. The van der Waals surface area contributed by atoms with Gasteiger partial charge in [0.05, 0.1) is 11.9 Å². The number of carbonyl (C=O) groups excluding carboxylic acids is 1. The summed E-state index contributed by atoms with van der Waals surface area (Å²) < 4.78 is 3.73. The average molecular weight is 415 g/mol. The lowest BCUT2D eigenvalue weighted by Gasteiger charge is -2.17. The molecule has 0 unspecified atom stereocenters. The van der Waals surface area contributed by atoms with Crippen LogP contribution in [0.4, 0.5) is 17.6 Å². The Morgan fingerprint density at radius 2 is 1.97 bits per heavy atom. The van der Waals surface area contributed by atoms with Gasteiger partial charge in [0.1, 0.15) is 17.5 Å². The molecule has 4 aromatic rings. The van der Waals surface area contributed by atoms with Crippen molar-refractivity contribution in [3.8, 4) is 11.3 Å². The van der Waals surface area contributed by atoms with Gasteiger partial charge in [-0.1, -0.05) is 0 Å². The van der Waals surface area contributed by atoms with Crippen molar-refractivity contribution in [3.63, 3.8) is 0 Å². The van der Waals surface area contributed by atoms with Crippen molar-refractivity contribution >= 4 is 29.1 Å². The number of nitrogens with zero attached hydrogens (tertiary/aromatic N) is 8. The second kappa shape index (κ2) is 6.59. The molecule has 10 nitrogen and oxygen atoms in total. The maximum absolute atomic E-state index is 12.9. The molecular weight excluding hydrogens is 394 g/mol. The molecule has 0 aromatic carbocycles. The van der Waals surface area contributed by atoms with Gasteiger partial charge in [-0.2, -0.15) is 5.10 Å². The monoisotopic (exact) mass is 415 g/mol. The zero-order chi connectivity index (χ0) is 21.1. The summed E-state index contributed by atoms with van der Waals surface area (Å²) in [6.45, 7) is 0. The molecule has 0 spiro atoms. The Labute approximate surface area is 177 Å². The Bertz CT molecular complexity index is 1320. The highest BCUT2D eigenvalue weighted by atomic mass is 16.2. The van der Waals surface area contributed by atoms with Crippen LogP contribution >= 0.6 is 0 Å². The number of hydrogen-bond donors (Lipinski definition) is 1. The van der Waals surface area contributed by atoms with Crippen LogP contribution in [0.2, 0.25) is 0 Å². The van der Waals surface area contributed by atoms with Crippen molar-refractivity contribution in [2.45, 2.75) is 25.2 Å². The average Bonchev–Trinajstić information content (AvgIpc) is 3.43. The zero-order valence-electron chi connectivity index (χ0n) is 17.2. The van der Waals surface area contributed by atoms with Crippen LogP contribution in [0.25, 0.3) is 16.9 Å². The predicted molar refractivity (Wildman–Crippen MR) is 114 cm³/mol. The highest BCUT2D eigenvalue weighted by Crippen LogP contribution is 2.46.